The first-order chi connectivity index (χ1) is 8.28. The lowest BCUT2D eigenvalue weighted by Crippen LogP contribution is -2.33. The van der Waals surface area contributed by atoms with Gasteiger partial charge in [0.1, 0.15) is 10.8 Å². The minimum atomic E-state index is -0.472. The van der Waals surface area contributed by atoms with E-state index in [2.05, 4.69) is 32.9 Å². The standard InChI is InChI=1S/C12H16ClIN2O2/c1-12(2,3)18-11(17)15-5-4-8-7-16-10(13)6-9(8)14/h6-7H,4-5H2,1-3H3,(H,15,17). The van der Waals surface area contributed by atoms with E-state index in [0.29, 0.717) is 18.1 Å². The molecule has 1 amide bonds. The van der Waals surface area contributed by atoms with Crippen molar-refractivity contribution in [3.05, 3.63) is 26.5 Å². The Bertz CT molecular complexity index is 433. The van der Waals surface area contributed by atoms with Crippen molar-refractivity contribution < 1.29 is 9.53 Å². The molecular weight excluding hydrogens is 367 g/mol. The number of aromatic nitrogens is 1. The fraction of sp³-hybridized carbons (Fsp3) is 0.500. The van der Waals surface area contributed by atoms with E-state index in [-0.39, 0.29) is 0 Å². The van der Waals surface area contributed by atoms with Crippen LogP contribution < -0.4 is 5.32 Å². The molecule has 1 heterocycles. The fourth-order valence-electron chi connectivity index (χ4n) is 1.23. The summed E-state index contributed by atoms with van der Waals surface area (Å²) in [6.45, 7) is 6.00. The van der Waals surface area contributed by atoms with Crippen LogP contribution in [0.3, 0.4) is 0 Å². The molecule has 18 heavy (non-hydrogen) atoms. The van der Waals surface area contributed by atoms with Crippen LogP contribution in [0, 0.1) is 3.57 Å². The number of nitrogens with zero attached hydrogens (tertiary/aromatic N) is 1. The molecular formula is C12H16ClIN2O2. The number of rotatable bonds is 3. The van der Waals surface area contributed by atoms with E-state index in [1.54, 1.807) is 12.3 Å². The van der Waals surface area contributed by atoms with Crippen LogP contribution in [0.25, 0.3) is 0 Å². The minimum Gasteiger partial charge on any atom is -0.444 e. The largest absolute Gasteiger partial charge is 0.444 e. The van der Waals surface area contributed by atoms with Gasteiger partial charge in [0.15, 0.2) is 0 Å². The number of nitrogens with one attached hydrogen (secondary N) is 1. The Morgan fingerprint density at radius 3 is 2.78 bits per heavy atom. The summed E-state index contributed by atoms with van der Waals surface area (Å²) in [7, 11) is 0. The van der Waals surface area contributed by atoms with Crippen LogP contribution in [0.1, 0.15) is 26.3 Å². The smallest absolute Gasteiger partial charge is 0.407 e. The second-order valence-electron chi connectivity index (χ2n) is 4.78. The van der Waals surface area contributed by atoms with Gasteiger partial charge in [-0.3, -0.25) is 0 Å². The zero-order valence-corrected chi connectivity index (χ0v) is 13.5. The van der Waals surface area contributed by atoms with Crippen molar-refractivity contribution in [3.63, 3.8) is 0 Å². The third kappa shape index (κ3) is 5.86. The molecule has 0 fully saturated rings. The van der Waals surface area contributed by atoms with E-state index in [1.165, 1.54) is 0 Å². The third-order valence-corrected chi connectivity index (χ3v) is 3.17. The molecule has 1 aromatic rings. The first kappa shape index (κ1) is 15.5. The fourth-order valence-corrected chi connectivity index (χ4v) is 2.28. The number of carbonyl (C=O) groups is 1. The first-order valence-corrected chi connectivity index (χ1v) is 7.00. The van der Waals surface area contributed by atoms with Crippen LogP contribution in [0.4, 0.5) is 4.79 Å². The maximum absolute atomic E-state index is 11.4. The molecule has 6 heteroatoms. The summed E-state index contributed by atoms with van der Waals surface area (Å²) in [5, 5.41) is 3.18. The van der Waals surface area contributed by atoms with Gasteiger partial charge in [0, 0.05) is 16.3 Å². The molecule has 0 unspecified atom stereocenters. The molecule has 0 radical (unpaired) electrons. The van der Waals surface area contributed by atoms with E-state index in [1.807, 2.05) is 20.8 Å². The van der Waals surface area contributed by atoms with E-state index in [0.717, 1.165) is 9.13 Å². The van der Waals surface area contributed by atoms with Crippen molar-refractivity contribution >= 4 is 40.3 Å². The molecule has 1 N–H and O–H groups in total. The number of hydrogen-bond donors (Lipinski definition) is 1. The second kappa shape index (κ2) is 6.56. The predicted molar refractivity (Wildman–Crippen MR) is 79.9 cm³/mol. The number of ether oxygens (including phenoxy) is 1. The topological polar surface area (TPSA) is 51.2 Å². The lowest BCUT2D eigenvalue weighted by Gasteiger charge is -2.19. The summed E-state index contributed by atoms with van der Waals surface area (Å²) in [5.74, 6) is 0. The van der Waals surface area contributed by atoms with Crippen molar-refractivity contribution in [1.29, 1.82) is 0 Å². The number of alkyl carbamates (subject to hydrolysis) is 1. The number of hydrogen-bond acceptors (Lipinski definition) is 3. The van der Waals surface area contributed by atoms with Crippen LogP contribution in [0.5, 0.6) is 0 Å². The molecule has 0 aliphatic heterocycles. The Balaban J connectivity index is 2.40. The van der Waals surface area contributed by atoms with Crippen molar-refractivity contribution in [3.8, 4) is 0 Å². The zero-order chi connectivity index (χ0) is 13.8. The molecule has 4 nitrogen and oxygen atoms in total. The van der Waals surface area contributed by atoms with Crippen molar-refractivity contribution in [2.45, 2.75) is 32.8 Å². The Kier molecular flexibility index (Phi) is 5.65. The molecule has 0 saturated carbocycles. The molecule has 0 aliphatic rings. The number of amides is 1. The molecule has 100 valence electrons. The minimum absolute atomic E-state index is 0.403. The quantitative estimate of drug-likeness (QED) is 0.644. The van der Waals surface area contributed by atoms with Gasteiger partial charge in [-0.1, -0.05) is 11.6 Å². The molecule has 0 atom stereocenters. The molecule has 0 aromatic carbocycles. The number of carbonyl (C=O) groups excluding carboxylic acids is 1. The highest BCUT2D eigenvalue weighted by atomic mass is 127. The van der Waals surface area contributed by atoms with Crippen LogP contribution in [0.15, 0.2) is 12.3 Å². The molecule has 0 bridgehead atoms. The molecule has 0 spiro atoms. The van der Waals surface area contributed by atoms with Gasteiger partial charge in [-0.25, -0.2) is 9.78 Å². The maximum Gasteiger partial charge on any atom is 0.407 e. The van der Waals surface area contributed by atoms with Crippen LogP contribution >= 0.6 is 34.2 Å². The highest BCUT2D eigenvalue weighted by molar-refractivity contribution is 14.1. The average Bonchev–Trinajstić information content (AvgIpc) is 2.18. The van der Waals surface area contributed by atoms with E-state index in [9.17, 15) is 4.79 Å². The summed E-state index contributed by atoms with van der Waals surface area (Å²) in [5.41, 5.74) is 0.580. The number of pyridine rings is 1. The van der Waals surface area contributed by atoms with Crippen molar-refractivity contribution in [2.24, 2.45) is 0 Å². The Morgan fingerprint density at radius 1 is 1.56 bits per heavy atom. The Labute approximate surface area is 126 Å². The van der Waals surface area contributed by atoms with Gasteiger partial charge in [0.05, 0.1) is 0 Å². The predicted octanol–water partition coefficient (Wildman–Crippen LogP) is 3.41. The highest BCUT2D eigenvalue weighted by Crippen LogP contribution is 2.15. The Hall–Kier alpha value is -0.560. The summed E-state index contributed by atoms with van der Waals surface area (Å²) in [6.07, 6.45) is 2.02. The van der Waals surface area contributed by atoms with E-state index < -0.39 is 11.7 Å². The second-order valence-corrected chi connectivity index (χ2v) is 6.33. The molecule has 0 aliphatic carbocycles. The lowest BCUT2D eigenvalue weighted by molar-refractivity contribution is 0.0528. The molecule has 0 saturated heterocycles. The maximum atomic E-state index is 11.4. The summed E-state index contributed by atoms with van der Waals surface area (Å²) in [6, 6.07) is 1.80. The molecule has 1 aromatic heterocycles. The SMILES string of the molecule is CC(C)(C)OC(=O)NCCc1cnc(Cl)cc1I. The van der Waals surface area contributed by atoms with E-state index >= 15 is 0 Å². The monoisotopic (exact) mass is 382 g/mol. The van der Waals surface area contributed by atoms with Crippen molar-refractivity contribution in [2.75, 3.05) is 6.54 Å². The van der Waals surface area contributed by atoms with Gasteiger partial charge in [-0.2, -0.15) is 0 Å². The van der Waals surface area contributed by atoms with Crippen LogP contribution in [-0.2, 0) is 11.2 Å². The van der Waals surface area contributed by atoms with E-state index in [4.69, 9.17) is 16.3 Å². The van der Waals surface area contributed by atoms with Crippen LogP contribution in [-0.4, -0.2) is 23.2 Å². The van der Waals surface area contributed by atoms with Crippen molar-refractivity contribution in [1.82, 2.24) is 10.3 Å². The summed E-state index contributed by atoms with van der Waals surface area (Å²) < 4.78 is 6.18. The third-order valence-electron chi connectivity index (χ3n) is 1.96. The van der Waals surface area contributed by atoms with Gasteiger partial charge >= 0.3 is 6.09 Å². The highest BCUT2D eigenvalue weighted by Gasteiger charge is 2.15. The zero-order valence-electron chi connectivity index (χ0n) is 10.6. The van der Waals surface area contributed by atoms with Crippen LogP contribution in [0.2, 0.25) is 5.15 Å². The average molecular weight is 383 g/mol. The van der Waals surface area contributed by atoms with Gasteiger partial charge in [0.2, 0.25) is 0 Å². The normalized spacial score (nSPS) is 11.2. The Morgan fingerprint density at radius 2 is 2.22 bits per heavy atom. The summed E-state index contributed by atoms with van der Waals surface area (Å²) >= 11 is 7.97. The molecule has 1 rings (SSSR count). The number of halogens is 2. The lowest BCUT2D eigenvalue weighted by atomic mass is 10.2. The summed E-state index contributed by atoms with van der Waals surface area (Å²) in [4.78, 5) is 15.4. The first-order valence-electron chi connectivity index (χ1n) is 5.55. The van der Waals surface area contributed by atoms with Gasteiger partial charge in [-0.15, -0.1) is 0 Å². The van der Waals surface area contributed by atoms with Gasteiger partial charge in [0.25, 0.3) is 0 Å². The van der Waals surface area contributed by atoms with Gasteiger partial charge in [-0.05, 0) is 61.4 Å². The van der Waals surface area contributed by atoms with Gasteiger partial charge < -0.3 is 10.1 Å².